The molecule has 0 saturated carbocycles. The summed E-state index contributed by atoms with van der Waals surface area (Å²) in [5, 5.41) is 9.88. The van der Waals surface area contributed by atoms with Crippen molar-refractivity contribution in [2.24, 2.45) is 0 Å². The molecule has 1 aromatic heterocycles. The Morgan fingerprint density at radius 1 is 1.43 bits per heavy atom. The Balaban J connectivity index is 2.40. The average Bonchev–Trinajstić information content (AvgIpc) is 2.17. The van der Waals surface area contributed by atoms with E-state index in [1.165, 1.54) is 0 Å². The van der Waals surface area contributed by atoms with Gasteiger partial charge in [0.05, 0.1) is 0 Å². The smallest absolute Gasteiger partial charge is 0.106 e. The molecule has 0 fully saturated rings. The van der Waals surface area contributed by atoms with E-state index in [1.54, 1.807) is 27.8 Å². The maximum absolute atomic E-state index is 8.86. The maximum Gasteiger partial charge on any atom is 0.106 e. The second kappa shape index (κ2) is 5.63. The Kier molecular flexibility index (Phi) is 4.78. The third kappa shape index (κ3) is 4.35. The van der Waals surface area contributed by atoms with Crippen LogP contribution < -0.4 is 0 Å². The van der Waals surface area contributed by atoms with E-state index in [9.17, 15) is 0 Å². The molecule has 0 aliphatic rings. The van der Waals surface area contributed by atoms with E-state index >= 15 is 0 Å². The van der Waals surface area contributed by atoms with Crippen molar-refractivity contribution in [3.8, 4) is 0 Å². The monoisotopic (exact) mass is 229 g/mol. The van der Waals surface area contributed by atoms with Gasteiger partial charge in [0.15, 0.2) is 0 Å². The van der Waals surface area contributed by atoms with Crippen molar-refractivity contribution >= 4 is 21.6 Å². The molecule has 0 aromatic carbocycles. The molecule has 1 heterocycles. The molecule has 4 heteroatoms. The van der Waals surface area contributed by atoms with E-state index in [0.717, 1.165) is 11.4 Å². The van der Waals surface area contributed by atoms with Gasteiger partial charge in [0.25, 0.3) is 0 Å². The van der Waals surface area contributed by atoms with Gasteiger partial charge in [-0.3, -0.25) is 0 Å². The molecule has 0 atom stereocenters. The Labute approximate surface area is 92.9 Å². The van der Waals surface area contributed by atoms with E-state index in [-0.39, 0.29) is 11.4 Å². The van der Waals surface area contributed by atoms with Gasteiger partial charge < -0.3 is 5.11 Å². The zero-order chi connectivity index (χ0) is 10.4. The first-order chi connectivity index (χ1) is 6.64. The topological polar surface area (TPSA) is 33.1 Å². The van der Waals surface area contributed by atoms with E-state index in [2.05, 4.69) is 18.8 Å². The fourth-order valence-corrected chi connectivity index (χ4v) is 3.07. The van der Waals surface area contributed by atoms with Crippen molar-refractivity contribution in [1.82, 2.24) is 4.98 Å². The van der Waals surface area contributed by atoms with Gasteiger partial charge in [-0.15, -0.1) is 0 Å². The summed E-state index contributed by atoms with van der Waals surface area (Å²) in [7, 11) is 3.41. The molecular formula is C10H15NOS2. The van der Waals surface area contributed by atoms with Gasteiger partial charge in [0, 0.05) is 17.6 Å². The third-order valence-corrected chi connectivity index (χ3v) is 4.97. The molecule has 1 aromatic rings. The summed E-state index contributed by atoms with van der Waals surface area (Å²) in [6.07, 6.45) is 2.60. The lowest BCUT2D eigenvalue weighted by molar-refractivity contribution is 0.275. The van der Waals surface area contributed by atoms with Crippen LogP contribution >= 0.6 is 21.6 Å². The highest BCUT2D eigenvalue weighted by Crippen LogP contribution is 2.41. The van der Waals surface area contributed by atoms with Gasteiger partial charge in [-0.05, 0) is 43.2 Å². The molecule has 0 bridgehead atoms. The zero-order valence-corrected chi connectivity index (χ0v) is 10.1. The van der Waals surface area contributed by atoms with Gasteiger partial charge >= 0.3 is 0 Å². The highest BCUT2D eigenvalue weighted by Gasteiger charge is 2.18. The molecule has 0 spiro atoms. The first kappa shape index (κ1) is 11.9. The minimum Gasteiger partial charge on any atom is -0.396 e. The van der Waals surface area contributed by atoms with Gasteiger partial charge in [-0.1, -0.05) is 16.9 Å². The summed E-state index contributed by atoms with van der Waals surface area (Å²) < 4.78 is 0.0942. The summed E-state index contributed by atoms with van der Waals surface area (Å²) in [6, 6.07) is 5.88. The SMILES string of the molecule is CC(C)(CCO)SSc1ccccn1. The fraction of sp³-hybridized carbons (Fsp3) is 0.500. The Hall–Kier alpha value is -0.190. The van der Waals surface area contributed by atoms with Crippen LogP contribution in [-0.2, 0) is 0 Å². The lowest BCUT2D eigenvalue weighted by Crippen LogP contribution is -2.14. The van der Waals surface area contributed by atoms with Crippen molar-refractivity contribution in [2.45, 2.75) is 30.0 Å². The number of aromatic nitrogens is 1. The normalized spacial score (nSPS) is 11.6. The highest BCUT2D eigenvalue weighted by atomic mass is 33.1. The van der Waals surface area contributed by atoms with Crippen LogP contribution in [0.15, 0.2) is 29.4 Å². The van der Waals surface area contributed by atoms with Crippen molar-refractivity contribution in [3.63, 3.8) is 0 Å². The molecule has 14 heavy (non-hydrogen) atoms. The number of rotatable bonds is 5. The molecule has 0 amide bonds. The van der Waals surface area contributed by atoms with Crippen LogP contribution in [0.2, 0.25) is 0 Å². The van der Waals surface area contributed by atoms with E-state index in [4.69, 9.17) is 5.11 Å². The van der Waals surface area contributed by atoms with E-state index in [1.807, 2.05) is 18.2 Å². The van der Waals surface area contributed by atoms with Crippen LogP contribution in [0, 0.1) is 0 Å². The average molecular weight is 229 g/mol. The Morgan fingerprint density at radius 2 is 2.21 bits per heavy atom. The molecule has 1 N–H and O–H groups in total. The zero-order valence-electron chi connectivity index (χ0n) is 8.43. The predicted octanol–water partition coefficient (Wildman–Crippen LogP) is 2.98. The Bertz CT molecular complexity index is 264. The summed E-state index contributed by atoms with van der Waals surface area (Å²) in [4.78, 5) is 4.22. The van der Waals surface area contributed by atoms with Gasteiger partial charge in [-0.25, -0.2) is 4.98 Å². The van der Waals surface area contributed by atoms with Crippen molar-refractivity contribution in [1.29, 1.82) is 0 Å². The molecule has 0 unspecified atom stereocenters. The summed E-state index contributed by atoms with van der Waals surface area (Å²) in [6.45, 7) is 4.50. The van der Waals surface area contributed by atoms with Gasteiger partial charge in [-0.2, -0.15) is 0 Å². The molecule has 0 saturated heterocycles. The van der Waals surface area contributed by atoms with Crippen LogP contribution in [0.5, 0.6) is 0 Å². The number of nitrogens with zero attached hydrogens (tertiary/aromatic N) is 1. The first-order valence-corrected chi connectivity index (χ1v) is 6.67. The van der Waals surface area contributed by atoms with Crippen molar-refractivity contribution < 1.29 is 5.11 Å². The quantitative estimate of drug-likeness (QED) is 0.787. The number of hydrogen-bond donors (Lipinski definition) is 1. The van der Waals surface area contributed by atoms with Gasteiger partial charge in [0.2, 0.25) is 0 Å². The lowest BCUT2D eigenvalue weighted by atomic mass is 10.1. The molecule has 1 rings (SSSR count). The predicted molar refractivity (Wildman–Crippen MR) is 63.5 cm³/mol. The summed E-state index contributed by atoms with van der Waals surface area (Å²) in [5.74, 6) is 0. The molecular weight excluding hydrogens is 214 g/mol. The van der Waals surface area contributed by atoms with Crippen LogP contribution in [0.4, 0.5) is 0 Å². The molecule has 0 aliphatic carbocycles. The van der Waals surface area contributed by atoms with Crippen molar-refractivity contribution in [2.75, 3.05) is 6.61 Å². The van der Waals surface area contributed by atoms with Crippen LogP contribution in [0.25, 0.3) is 0 Å². The van der Waals surface area contributed by atoms with Crippen LogP contribution in [0.3, 0.4) is 0 Å². The second-order valence-corrected chi connectivity index (χ2v) is 6.42. The van der Waals surface area contributed by atoms with Crippen LogP contribution in [0.1, 0.15) is 20.3 Å². The first-order valence-electron chi connectivity index (χ1n) is 4.52. The molecule has 0 radical (unpaired) electrons. The minimum absolute atomic E-state index is 0.0942. The van der Waals surface area contributed by atoms with Crippen LogP contribution in [-0.4, -0.2) is 21.4 Å². The molecule has 78 valence electrons. The Morgan fingerprint density at radius 3 is 2.79 bits per heavy atom. The summed E-state index contributed by atoms with van der Waals surface area (Å²) in [5.41, 5.74) is 0. The van der Waals surface area contributed by atoms with E-state index < -0.39 is 0 Å². The highest BCUT2D eigenvalue weighted by molar-refractivity contribution is 8.77. The number of aliphatic hydroxyl groups is 1. The minimum atomic E-state index is 0.0942. The number of hydrogen-bond acceptors (Lipinski definition) is 4. The lowest BCUT2D eigenvalue weighted by Gasteiger charge is -2.21. The largest absolute Gasteiger partial charge is 0.396 e. The standard InChI is InChI=1S/C10H15NOS2/c1-10(2,6-8-12)14-13-9-5-3-4-7-11-9/h3-5,7,12H,6,8H2,1-2H3. The number of aliphatic hydroxyl groups excluding tert-OH is 1. The number of pyridine rings is 1. The molecule has 2 nitrogen and oxygen atoms in total. The van der Waals surface area contributed by atoms with E-state index in [0.29, 0.717) is 0 Å². The summed E-state index contributed by atoms with van der Waals surface area (Å²) >= 11 is 0. The third-order valence-electron chi connectivity index (χ3n) is 1.70. The fourth-order valence-electron chi connectivity index (χ4n) is 0.863. The second-order valence-electron chi connectivity index (χ2n) is 3.57. The van der Waals surface area contributed by atoms with Gasteiger partial charge in [0.1, 0.15) is 5.03 Å². The maximum atomic E-state index is 8.86. The molecule has 0 aliphatic heterocycles. The van der Waals surface area contributed by atoms with Crippen molar-refractivity contribution in [3.05, 3.63) is 24.4 Å².